The molecule has 80 valence electrons. The molecule has 0 fully saturated rings. The average Bonchev–Trinajstić information content (AvgIpc) is 2.79. The molecule has 16 heavy (non-hydrogen) atoms. The van der Waals surface area contributed by atoms with Crippen molar-refractivity contribution in [2.24, 2.45) is 0 Å². The van der Waals surface area contributed by atoms with Crippen LogP contribution in [0.2, 0.25) is 0 Å². The van der Waals surface area contributed by atoms with E-state index in [1.165, 1.54) is 0 Å². The van der Waals surface area contributed by atoms with Crippen LogP contribution in [-0.2, 0) is 0 Å². The van der Waals surface area contributed by atoms with Gasteiger partial charge in [0.1, 0.15) is 0 Å². The van der Waals surface area contributed by atoms with Gasteiger partial charge in [-0.15, -0.1) is 5.10 Å². The Morgan fingerprint density at radius 2 is 2.06 bits per heavy atom. The van der Waals surface area contributed by atoms with E-state index in [1.807, 2.05) is 36.4 Å². The molecule has 2 aromatic rings. The van der Waals surface area contributed by atoms with Crippen molar-refractivity contribution in [3.63, 3.8) is 0 Å². The van der Waals surface area contributed by atoms with E-state index in [2.05, 4.69) is 15.5 Å². The first-order chi connectivity index (χ1) is 7.90. The lowest BCUT2D eigenvalue weighted by Gasteiger charge is -1.95. The maximum absolute atomic E-state index is 8.37. The van der Waals surface area contributed by atoms with Gasteiger partial charge in [-0.1, -0.05) is 23.3 Å². The van der Waals surface area contributed by atoms with Crippen molar-refractivity contribution in [2.75, 3.05) is 11.9 Å². The number of nitriles is 1. The van der Waals surface area contributed by atoms with E-state index in [0.29, 0.717) is 24.9 Å². The molecule has 0 saturated heterocycles. The van der Waals surface area contributed by atoms with Crippen LogP contribution in [0.4, 0.5) is 6.01 Å². The first-order valence-corrected chi connectivity index (χ1v) is 4.90. The third-order valence-corrected chi connectivity index (χ3v) is 1.96. The van der Waals surface area contributed by atoms with Crippen LogP contribution in [0.25, 0.3) is 11.5 Å². The molecule has 0 spiro atoms. The van der Waals surface area contributed by atoms with Crippen molar-refractivity contribution in [2.45, 2.75) is 6.42 Å². The van der Waals surface area contributed by atoms with Crippen LogP contribution in [0.15, 0.2) is 34.7 Å². The molecule has 0 aliphatic rings. The molecule has 1 aromatic carbocycles. The summed E-state index contributed by atoms with van der Waals surface area (Å²) in [7, 11) is 0. The number of rotatable bonds is 4. The molecule has 5 nitrogen and oxygen atoms in total. The molecule has 1 aromatic heterocycles. The molecule has 0 aliphatic heterocycles. The molecule has 1 heterocycles. The van der Waals surface area contributed by atoms with Crippen molar-refractivity contribution >= 4 is 6.01 Å². The minimum atomic E-state index is 0.342. The number of benzene rings is 1. The Balaban J connectivity index is 2.06. The van der Waals surface area contributed by atoms with Crippen molar-refractivity contribution in [1.29, 1.82) is 5.26 Å². The average molecular weight is 214 g/mol. The largest absolute Gasteiger partial charge is 0.403 e. The number of nitrogens with one attached hydrogen (secondary N) is 1. The number of hydrogen-bond acceptors (Lipinski definition) is 5. The molecule has 0 radical (unpaired) electrons. The van der Waals surface area contributed by atoms with Crippen LogP contribution < -0.4 is 5.32 Å². The summed E-state index contributed by atoms with van der Waals surface area (Å²) in [5, 5.41) is 19.0. The lowest BCUT2D eigenvalue weighted by molar-refractivity contribution is 0.581. The second kappa shape index (κ2) is 4.94. The Hall–Kier alpha value is -2.35. The normalized spacial score (nSPS) is 9.69. The highest BCUT2D eigenvalue weighted by Gasteiger charge is 2.06. The highest BCUT2D eigenvalue weighted by atomic mass is 16.4. The topological polar surface area (TPSA) is 74.7 Å². The van der Waals surface area contributed by atoms with E-state index in [9.17, 15) is 0 Å². The van der Waals surface area contributed by atoms with E-state index in [0.717, 1.165) is 5.56 Å². The molecule has 1 N–H and O–H groups in total. The second-order valence-corrected chi connectivity index (χ2v) is 3.11. The van der Waals surface area contributed by atoms with Crippen molar-refractivity contribution in [3.05, 3.63) is 30.3 Å². The van der Waals surface area contributed by atoms with Crippen LogP contribution in [0, 0.1) is 11.3 Å². The first-order valence-electron chi connectivity index (χ1n) is 4.90. The predicted molar refractivity (Wildman–Crippen MR) is 58.5 cm³/mol. The van der Waals surface area contributed by atoms with Gasteiger partial charge in [0, 0.05) is 12.1 Å². The molecular formula is C11H10N4O. The third-order valence-electron chi connectivity index (χ3n) is 1.96. The molecule has 2 rings (SSSR count). The molecular weight excluding hydrogens is 204 g/mol. The zero-order valence-electron chi connectivity index (χ0n) is 8.55. The maximum atomic E-state index is 8.37. The van der Waals surface area contributed by atoms with Crippen LogP contribution >= 0.6 is 0 Å². The summed E-state index contributed by atoms with van der Waals surface area (Å²) in [6.45, 7) is 0.507. The predicted octanol–water partition coefficient (Wildman–Crippen LogP) is 2.06. The van der Waals surface area contributed by atoms with Gasteiger partial charge in [-0.2, -0.15) is 5.26 Å². The summed E-state index contributed by atoms with van der Waals surface area (Å²) in [5.41, 5.74) is 0.878. The van der Waals surface area contributed by atoms with Gasteiger partial charge >= 0.3 is 6.01 Å². The fraction of sp³-hybridized carbons (Fsp3) is 0.182. The van der Waals surface area contributed by atoms with Gasteiger partial charge in [-0.3, -0.25) is 0 Å². The summed E-state index contributed by atoms with van der Waals surface area (Å²) in [4.78, 5) is 0. The summed E-state index contributed by atoms with van der Waals surface area (Å²) in [5.74, 6) is 0.472. The van der Waals surface area contributed by atoms with Gasteiger partial charge in [-0.05, 0) is 12.1 Å². The number of anilines is 1. The summed E-state index contributed by atoms with van der Waals surface area (Å²) < 4.78 is 5.37. The van der Waals surface area contributed by atoms with Crippen molar-refractivity contribution in [1.82, 2.24) is 10.2 Å². The molecule has 5 heteroatoms. The Morgan fingerprint density at radius 3 is 2.81 bits per heavy atom. The molecule has 0 bridgehead atoms. The number of aromatic nitrogens is 2. The van der Waals surface area contributed by atoms with Gasteiger partial charge in [0.15, 0.2) is 0 Å². The Kier molecular flexibility index (Phi) is 3.14. The van der Waals surface area contributed by atoms with Gasteiger partial charge in [0.25, 0.3) is 0 Å². The maximum Gasteiger partial charge on any atom is 0.315 e. The van der Waals surface area contributed by atoms with Gasteiger partial charge in [-0.25, -0.2) is 0 Å². The molecule has 0 atom stereocenters. The molecule has 0 aliphatic carbocycles. The second-order valence-electron chi connectivity index (χ2n) is 3.11. The van der Waals surface area contributed by atoms with Crippen LogP contribution in [-0.4, -0.2) is 16.7 Å². The zero-order valence-corrected chi connectivity index (χ0v) is 8.55. The fourth-order valence-electron chi connectivity index (χ4n) is 1.22. The fourth-order valence-corrected chi connectivity index (χ4v) is 1.22. The standard InChI is InChI=1S/C11H10N4O/c12-7-4-8-13-11-15-14-10(16-11)9-5-2-1-3-6-9/h1-3,5-6H,4,8H2,(H,13,15). The molecule has 0 amide bonds. The Morgan fingerprint density at radius 1 is 1.25 bits per heavy atom. The number of nitrogens with zero attached hydrogens (tertiary/aromatic N) is 3. The summed E-state index contributed by atoms with van der Waals surface area (Å²) in [6.07, 6.45) is 0.406. The summed E-state index contributed by atoms with van der Waals surface area (Å²) in [6, 6.07) is 11.9. The van der Waals surface area contributed by atoms with Crippen LogP contribution in [0.1, 0.15) is 6.42 Å². The SMILES string of the molecule is N#CCCNc1nnc(-c2ccccc2)o1. The Labute approximate surface area is 92.7 Å². The third kappa shape index (κ3) is 2.36. The quantitative estimate of drug-likeness (QED) is 0.788. The lowest BCUT2D eigenvalue weighted by atomic mass is 10.2. The smallest absolute Gasteiger partial charge is 0.315 e. The zero-order chi connectivity index (χ0) is 11.2. The van der Waals surface area contributed by atoms with Crippen LogP contribution in [0.5, 0.6) is 0 Å². The van der Waals surface area contributed by atoms with E-state index < -0.39 is 0 Å². The Bertz CT molecular complexity index is 486. The lowest BCUT2D eigenvalue weighted by Crippen LogP contribution is -1.99. The molecule has 0 unspecified atom stereocenters. The monoisotopic (exact) mass is 214 g/mol. The van der Waals surface area contributed by atoms with Crippen molar-refractivity contribution < 1.29 is 4.42 Å². The highest BCUT2D eigenvalue weighted by molar-refractivity contribution is 5.52. The van der Waals surface area contributed by atoms with E-state index in [1.54, 1.807) is 0 Å². The van der Waals surface area contributed by atoms with E-state index >= 15 is 0 Å². The first kappa shape index (κ1) is 10.2. The summed E-state index contributed by atoms with van der Waals surface area (Å²) >= 11 is 0. The number of hydrogen-bond donors (Lipinski definition) is 1. The van der Waals surface area contributed by atoms with E-state index in [4.69, 9.17) is 9.68 Å². The van der Waals surface area contributed by atoms with E-state index in [-0.39, 0.29) is 0 Å². The molecule has 0 saturated carbocycles. The minimum absolute atomic E-state index is 0.342. The van der Waals surface area contributed by atoms with Gasteiger partial charge in [0.05, 0.1) is 12.5 Å². The van der Waals surface area contributed by atoms with Gasteiger partial charge < -0.3 is 9.73 Å². The van der Waals surface area contributed by atoms with Crippen molar-refractivity contribution in [3.8, 4) is 17.5 Å². The van der Waals surface area contributed by atoms with Crippen LogP contribution in [0.3, 0.4) is 0 Å². The highest BCUT2D eigenvalue weighted by Crippen LogP contribution is 2.18. The van der Waals surface area contributed by atoms with Gasteiger partial charge in [0.2, 0.25) is 5.89 Å². The minimum Gasteiger partial charge on any atom is -0.403 e.